The van der Waals surface area contributed by atoms with Gasteiger partial charge in [-0.25, -0.2) is 8.42 Å². The molecule has 0 aliphatic carbocycles. The van der Waals surface area contributed by atoms with Crippen LogP contribution in [-0.2, 0) is 39.1 Å². The van der Waals surface area contributed by atoms with Crippen LogP contribution < -0.4 is 5.32 Å². The van der Waals surface area contributed by atoms with Gasteiger partial charge in [-0.1, -0.05) is 24.3 Å². The molecule has 2 aliphatic rings. The first kappa shape index (κ1) is 26.3. The van der Waals surface area contributed by atoms with E-state index in [1.165, 1.54) is 14.6 Å². The zero-order valence-electron chi connectivity index (χ0n) is 21.9. The number of aryl methyl sites for hydroxylation is 1. The molecule has 10 heteroatoms. The Kier molecular flexibility index (Phi) is 7.30. The number of nitrogens with zero attached hydrogens (tertiary/aromatic N) is 4. The number of hydrogen-bond donors (Lipinski definition) is 1. The summed E-state index contributed by atoms with van der Waals surface area (Å²) < 4.78 is 30.3. The summed E-state index contributed by atoms with van der Waals surface area (Å²) >= 11 is 0. The van der Waals surface area contributed by atoms with E-state index in [0.29, 0.717) is 43.9 Å². The quantitative estimate of drug-likeness (QED) is 0.659. The van der Waals surface area contributed by atoms with Crippen molar-refractivity contribution in [2.75, 3.05) is 19.6 Å². The van der Waals surface area contributed by atoms with E-state index in [0.717, 1.165) is 12.0 Å². The van der Waals surface area contributed by atoms with Gasteiger partial charge in [0.2, 0.25) is 21.8 Å². The Morgan fingerprint density at radius 2 is 1.81 bits per heavy atom. The summed E-state index contributed by atoms with van der Waals surface area (Å²) in [6, 6.07) is 8.16. The third-order valence-electron chi connectivity index (χ3n) is 6.90. The van der Waals surface area contributed by atoms with E-state index in [9.17, 15) is 18.0 Å². The van der Waals surface area contributed by atoms with Crippen molar-refractivity contribution in [2.24, 2.45) is 5.92 Å². The SMILES string of the molecule is Cc1nn(CC(=O)NC(C)(C)C)c(C)c1S(=O)(=O)N1CCCC(C(=O)N2CCc3ccccc3C2)C1. The first-order chi connectivity index (χ1) is 16.9. The molecule has 0 spiro atoms. The van der Waals surface area contributed by atoms with Gasteiger partial charge in [0.15, 0.2) is 0 Å². The van der Waals surface area contributed by atoms with Gasteiger partial charge in [0.25, 0.3) is 0 Å². The minimum Gasteiger partial charge on any atom is -0.350 e. The van der Waals surface area contributed by atoms with Gasteiger partial charge in [-0.15, -0.1) is 0 Å². The van der Waals surface area contributed by atoms with Gasteiger partial charge in [-0.3, -0.25) is 14.3 Å². The van der Waals surface area contributed by atoms with Gasteiger partial charge in [-0.05, 0) is 65.0 Å². The molecular formula is C26H37N5O4S. The normalized spacial score (nSPS) is 19.1. The lowest BCUT2D eigenvalue weighted by Crippen LogP contribution is -2.47. The lowest BCUT2D eigenvalue weighted by atomic mass is 9.95. The molecule has 1 aromatic carbocycles. The van der Waals surface area contributed by atoms with Crippen molar-refractivity contribution >= 4 is 21.8 Å². The predicted octanol–water partition coefficient (Wildman–Crippen LogP) is 2.40. The lowest BCUT2D eigenvalue weighted by Gasteiger charge is -2.36. The minimum atomic E-state index is -3.87. The maximum atomic E-state index is 13.7. The van der Waals surface area contributed by atoms with Crippen LogP contribution in [0.4, 0.5) is 0 Å². The second-order valence-corrected chi connectivity index (χ2v) is 12.8. The average Bonchev–Trinajstić information content (AvgIpc) is 3.10. The highest BCUT2D eigenvalue weighted by Gasteiger charge is 2.38. The fraction of sp³-hybridized carbons (Fsp3) is 0.577. The molecule has 1 N–H and O–H groups in total. The zero-order chi connectivity index (χ0) is 26.3. The van der Waals surface area contributed by atoms with Crippen molar-refractivity contribution in [3.63, 3.8) is 0 Å². The molecule has 9 nitrogen and oxygen atoms in total. The van der Waals surface area contributed by atoms with Crippen LogP contribution in [0.3, 0.4) is 0 Å². The molecule has 2 amide bonds. The lowest BCUT2D eigenvalue weighted by molar-refractivity contribution is -0.137. The summed E-state index contributed by atoms with van der Waals surface area (Å²) in [5.41, 5.74) is 2.82. The van der Waals surface area contributed by atoms with Crippen LogP contribution in [-0.4, -0.2) is 64.4 Å². The first-order valence-corrected chi connectivity index (χ1v) is 14.0. The Morgan fingerprint density at radius 3 is 2.50 bits per heavy atom. The molecule has 0 radical (unpaired) electrons. The van der Waals surface area contributed by atoms with Gasteiger partial charge in [0.1, 0.15) is 11.4 Å². The van der Waals surface area contributed by atoms with E-state index >= 15 is 0 Å². The van der Waals surface area contributed by atoms with Crippen molar-refractivity contribution in [3.05, 3.63) is 46.8 Å². The smallest absolute Gasteiger partial charge is 0.246 e. The molecule has 2 aromatic rings. The molecule has 196 valence electrons. The molecule has 1 unspecified atom stereocenters. The fourth-order valence-corrected chi connectivity index (χ4v) is 7.13. The van der Waals surface area contributed by atoms with Crippen LogP contribution >= 0.6 is 0 Å². The second kappa shape index (κ2) is 9.97. The van der Waals surface area contributed by atoms with Crippen LogP contribution in [0.2, 0.25) is 0 Å². The number of nitrogens with one attached hydrogen (secondary N) is 1. The summed E-state index contributed by atoms with van der Waals surface area (Å²) in [5, 5.41) is 7.24. The number of amides is 2. The van der Waals surface area contributed by atoms with Crippen molar-refractivity contribution in [3.8, 4) is 0 Å². The predicted molar refractivity (Wildman–Crippen MR) is 137 cm³/mol. The average molecular weight is 516 g/mol. The Hall–Kier alpha value is -2.72. The van der Waals surface area contributed by atoms with Crippen LogP contribution in [0.25, 0.3) is 0 Å². The van der Waals surface area contributed by atoms with E-state index in [1.807, 2.05) is 37.8 Å². The number of aromatic nitrogens is 2. The van der Waals surface area contributed by atoms with Crippen LogP contribution in [0.15, 0.2) is 29.2 Å². The van der Waals surface area contributed by atoms with Gasteiger partial charge in [0.05, 0.1) is 17.3 Å². The summed E-state index contributed by atoms with van der Waals surface area (Å²) in [6.07, 6.45) is 2.12. The van der Waals surface area contributed by atoms with Gasteiger partial charge < -0.3 is 10.2 Å². The van der Waals surface area contributed by atoms with Gasteiger partial charge in [0, 0.05) is 31.7 Å². The maximum Gasteiger partial charge on any atom is 0.246 e. The van der Waals surface area contributed by atoms with Gasteiger partial charge in [-0.2, -0.15) is 9.40 Å². The van der Waals surface area contributed by atoms with Gasteiger partial charge >= 0.3 is 0 Å². The number of rotatable bonds is 5. The molecule has 1 atom stereocenters. The van der Waals surface area contributed by atoms with E-state index in [2.05, 4.69) is 22.5 Å². The molecule has 2 aliphatic heterocycles. The molecule has 4 rings (SSSR count). The van der Waals surface area contributed by atoms with Crippen molar-refractivity contribution < 1.29 is 18.0 Å². The molecular weight excluding hydrogens is 478 g/mol. The number of carbonyl (C=O) groups is 2. The Balaban J connectivity index is 1.49. The van der Waals surface area contributed by atoms with E-state index in [1.54, 1.807) is 13.8 Å². The number of sulfonamides is 1. The number of fused-ring (bicyclic) bond motifs is 1. The molecule has 0 bridgehead atoms. The molecule has 3 heterocycles. The van der Waals surface area contributed by atoms with E-state index < -0.39 is 15.6 Å². The van der Waals surface area contributed by atoms with E-state index in [-0.39, 0.29) is 35.7 Å². The molecule has 1 aromatic heterocycles. The number of benzene rings is 1. The Labute approximate surface area is 213 Å². The summed E-state index contributed by atoms with van der Waals surface area (Å²) in [7, 11) is -3.87. The number of hydrogen-bond acceptors (Lipinski definition) is 5. The summed E-state index contributed by atoms with van der Waals surface area (Å²) in [6.45, 7) is 10.7. The topological polar surface area (TPSA) is 105 Å². The van der Waals surface area contributed by atoms with Crippen LogP contribution in [0, 0.1) is 19.8 Å². The molecule has 0 saturated carbocycles. The second-order valence-electron chi connectivity index (χ2n) is 10.9. The van der Waals surface area contributed by atoms with Crippen molar-refractivity contribution in [2.45, 2.75) is 77.4 Å². The monoisotopic (exact) mass is 515 g/mol. The van der Waals surface area contributed by atoms with Crippen molar-refractivity contribution in [1.82, 2.24) is 24.3 Å². The highest BCUT2D eigenvalue weighted by Crippen LogP contribution is 2.30. The number of piperidine rings is 1. The fourth-order valence-electron chi connectivity index (χ4n) is 5.23. The Morgan fingerprint density at radius 1 is 1.11 bits per heavy atom. The standard InChI is InChI=1S/C26H37N5O4S/c1-18-24(19(2)31(28-18)17-23(32)27-26(3,4)5)36(34,35)30-13-8-11-22(16-30)25(33)29-14-12-20-9-6-7-10-21(20)15-29/h6-7,9-10,22H,8,11-17H2,1-5H3,(H,27,32). The maximum absolute atomic E-state index is 13.7. The third-order valence-corrected chi connectivity index (χ3v) is 9.01. The summed E-state index contributed by atoms with van der Waals surface area (Å²) in [4.78, 5) is 27.8. The molecule has 36 heavy (non-hydrogen) atoms. The van der Waals surface area contributed by atoms with Crippen LogP contribution in [0.1, 0.15) is 56.1 Å². The zero-order valence-corrected chi connectivity index (χ0v) is 22.7. The van der Waals surface area contributed by atoms with Crippen molar-refractivity contribution in [1.29, 1.82) is 0 Å². The van der Waals surface area contributed by atoms with Crippen LogP contribution in [0.5, 0.6) is 0 Å². The molecule has 1 saturated heterocycles. The minimum absolute atomic E-state index is 0.0207. The number of carbonyl (C=O) groups excluding carboxylic acids is 2. The third kappa shape index (κ3) is 5.49. The Bertz CT molecular complexity index is 1260. The summed E-state index contributed by atoms with van der Waals surface area (Å²) in [5.74, 6) is -0.580. The molecule has 1 fully saturated rings. The highest BCUT2D eigenvalue weighted by atomic mass is 32.2. The first-order valence-electron chi connectivity index (χ1n) is 12.6. The highest BCUT2D eigenvalue weighted by molar-refractivity contribution is 7.89. The largest absolute Gasteiger partial charge is 0.350 e. The van der Waals surface area contributed by atoms with E-state index in [4.69, 9.17) is 0 Å².